The predicted octanol–water partition coefficient (Wildman–Crippen LogP) is 5.09. The molecular weight excluding hydrogens is 331 g/mol. The molecule has 2 aromatic carbocycles. The highest BCUT2D eigenvalue weighted by molar-refractivity contribution is 5.74. The standard InChI is InChI=1S/C17H13F5O2/c1-7(2)11-10(23)6-4-8(17(11)24)3-5-9-12(18)14(20)16(22)15(21)13(9)19/h3-7,23-24H,1-2H3. The van der Waals surface area contributed by atoms with Crippen LogP contribution in [0.2, 0.25) is 0 Å². The van der Waals surface area contributed by atoms with Crippen molar-refractivity contribution in [1.29, 1.82) is 0 Å². The Balaban J connectivity index is 2.56. The van der Waals surface area contributed by atoms with Crippen molar-refractivity contribution in [1.82, 2.24) is 0 Å². The molecule has 0 heterocycles. The smallest absolute Gasteiger partial charge is 0.200 e. The van der Waals surface area contributed by atoms with Crippen molar-refractivity contribution in [3.05, 3.63) is 57.9 Å². The van der Waals surface area contributed by atoms with E-state index in [-0.39, 0.29) is 28.5 Å². The van der Waals surface area contributed by atoms with E-state index in [0.717, 1.165) is 6.08 Å². The average Bonchev–Trinajstić information content (AvgIpc) is 2.52. The van der Waals surface area contributed by atoms with Gasteiger partial charge in [0.1, 0.15) is 11.5 Å². The molecule has 0 bridgehead atoms. The second-order valence-corrected chi connectivity index (χ2v) is 5.41. The van der Waals surface area contributed by atoms with Crippen molar-refractivity contribution < 1.29 is 32.2 Å². The highest BCUT2D eigenvalue weighted by Crippen LogP contribution is 2.37. The van der Waals surface area contributed by atoms with Gasteiger partial charge in [-0.2, -0.15) is 0 Å². The SMILES string of the molecule is CC(C)c1c(O)ccc(C=Cc2c(F)c(F)c(F)c(F)c2F)c1O. The Labute approximate surface area is 134 Å². The van der Waals surface area contributed by atoms with Crippen LogP contribution in [0, 0.1) is 29.1 Å². The molecule has 24 heavy (non-hydrogen) atoms. The molecule has 2 nitrogen and oxygen atoms in total. The van der Waals surface area contributed by atoms with Crippen LogP contribution in [-0.2, 0) is 0 Å². The highest BCUT2D eigenvalue weighted by Gasteiger charge is 2.24. The van der Waals surface area contributed by atoms with Crippen LogP contribution in [0.4, 0.5) is 22.0 Å². The van der Waals surface area contributed by atoms with Crippen molar-refractivity contribution >= 4 is 12.2 Å². The van der Waals surface area contributed by atoms with Gasteiger partial charge in [-0.05, 0) is 24.1 Å². The molecule has 0 aliphatic carbocycles. The molecule has 0 radical (unpaired) electrons. The van der Waals surface area contributed by atoms with Gasteiger partial charge in [0.05, 0.1) is 5.56 Å². The molecule has 7 heteroatoms. The summed E-state index contributed by atoms with van der Waals surface area (Å²) in [4.78, 5) is 0. The third kappa shape index (κ3) is 2.93. The third-order valence-corrected chi connectivity index (χ3v) is 3.48. The molecular formula is C17H13F5O2. The highest BCUT2D eigenvalue weighted by atomic mass is 19.2. The van der Waals surface area contributed by atoms with Gasteiger partial charge in [0, 0.05) is 11.1 Å². The summed E-state index contributed by atoms with van der Waals surface area (Å²) in [6.07, 6.45) is 1.67. The normalized spacial score (nSPS) is 11.7. The van der Waals surface area contributed by atoms with Gasteiger partial charge < -0.3 is 10.2 Å². The van der Waals surface area contributed by atoms with E-state index in [0.29, 0.717) is 6.08 Å². The molecule has 0 atom stereocenters. The zero-order valence-corrected chi connectivity index (χ0v) is 12.7. The average molecular weight is 344 g/mol. The number of hydrogen-bond donors (Lipinski definition) is 2. The van der Waals surface area contributed by atoms with Crippen molar-refractivity contribution in [2.75, 3.05) is 0 Å². The van der Waals surface area contributed by atoms with Crippen molar-refractivity contribution in [3.63, 3.8) is 0 Å². The van der Waals surface area contributed by atoms with Crippen LogP contribution < -0.4 is 0 Å². The number of aromatic hydroxyl groups is 2. The lowest BCUT2D eigenvalue weighted by molar-refractivity contribution is 0.377. The Morgan fingerprint density at radius 3 is 1.79 bits per heavy atom. The fourth-order valence-corrected chi connectivity index (χ4v) is 2.26. The zero-order chi connectivity index (χ0) is 18.2. The molecule has 2 rings (SSSR count). The first-order valence-electron chi connectivity index (χ1n) is 6.91. The van der Waals surface area contributed by atoms with Gasteiger partial charge in [-0.3, -0.25) is 0 Å². The summed E-state index contributed by atoms with van der Waals surface area (Å²) in [5.74, 6) is -11.0. The van der Waals surface area contributed by atoms with Crippen LogP contribution in [0.5, 0.6) is 11.5 Å². The van der Waals surface area contributed by atoms with E-state index in [9.17, 15) is 32.2 Å². The molecule has 0 aliphatic rings. The molecule has 0 fully saturated rings. The zero-order valence-electron chi connectivity index (χ0n) is 12.7. The first kappa shape index (κ1) is 17.8. The van der Waals surface area contributed by atoms with Crippen LogP contribution in [0.15, 0.2) is 12.1 Å². The van der Waals surface area contributed by atoms with E-state index in [2.05, 4.69) is 0 Å². The Hall–Kier alpha value is -2.57. The van der Waals surface area contributed by atoms with E-state index < -0.39 is 34.6 Å². The van der Waals surface area contributed by atoms with E-state index in [4.69, 9.17) is 0 Å². The van der Waals surface area contributed by atoms with Crippen LogP contribution in [0.3, 0.4) is 0 Å². The van der Waals surface area contributed by atoms with Gasteiger partial charge in [0.25, 0.3) is 0 Å². The van der Waals surface area contributed by atoms with Crippen molar-refractivity contribution in [3.8, 4) is 11.5 Å². The summed E-state index contributed by atoms with van der Waals surface area (Å²) in [6.45, 7) is 3.40. The molecule has 128 valence electrons. The summed E-state index contributed by atoms with van der Waals surface area (Å²) in [6, 6.07) is 2.51. The van der Waals surface area contributed by atoms with E-state index >= 15 is 0 Å². The molecule has 0 saturated carbocycles. The lowest BCUT2D eigenvalue weighted by Crippen LogP contribution is -2.03. The molecule has 2 N–H and O–H groups in total. The first-order chi connectivity index (χ1) is 11.2. The van der Waals surface area contributed by atoms with Crippen molar-refractivity contribution in [2.24, 2.45) is 0 Å². The summed E-state index contributed by atoms with van der Waals surface area (Å²) in [5, 5.41) is 19.8. The lowest BCUT2D eigenvalue weighted by atomic mass is 9.97. The van der Waals surface area contributed by atoms with Gasteiger partial charge in [-0.25, -0.2) is 22.0 Å². The largest absolute Gasteiger partial charge is 0.508 e. The fraction of sp³-hybridized carbons (Fsp3) is 0.176. The van der Waals surface area contributed by atoms with Crippen LogP contribution in [0.1, 0.15) is 36.5 Å². The van der Waals surface area contributed by atoms with Crippen molar-refractivity contribution in [2.45, 2.75) is 19.8 Å². The summed E-state index contributed by atoms with van der Waals surface area (Å²) in [7, 11) is 0. The topological polar surface area (TPSA) is 40.5 Å². The number of benzene rings is 2. The first-order valence-corrected chi connectivity index (χ1v) is 6.91. The quantitative estimate of drug-likeness (QED) is 0.352. The van der Waals surface area contributed by atoms with E-state index in [1.165, 1.54) is 12.1 Å². The van der Waals surface area contributed by atoms with Gasteiger partial charge >= 0.3 is 0 Å². The number of phenolic OH excluding ortho intramolecular Hbond substituents is 2. The fourth-order valence-electron chi connectivity index (χ4n) is 2.26. The summed E-state index contributed by atoms with van der Waals surface area (Å²) >= 11 is 0. The maximum atomic E-state index is 13.6. The van der Waals surface area contributed by atoms with Gasteiger partial charge in [-0.1, -0.05) is 19.9 Å². The minimum atomic E-state index is -2.24. The summed E-state index contributed by atoms with van der Waals surface area (Å²) < 4.78 is 66.5. The van der Waals surface area contributed by atoms with E-state index in [1.54, 1.807) is 13.8 Å². The Morgan fingerprint density at radius 2 is 1.29 bits per heavy atom. The maximum absolute atomic E-state index is 13.6. The van der Waals surface area contributed by atoms with Crippen LogP contribution in [-0.4, -0.2) is 10.2 Å². The molecule has 0 amide bonds. The second-order valence-electron chi connectivity index (χ2n) is 5.41. The molecule has 0 saturated heterocycles. The number of phenols is 2. The number of rotatable bonds is 3. The lowest BCUT2D eigenvalue weighted by Gasteiger charge is -2.12. The minimum Gasteiger partial charge on any atom is -0.508 e. The number of halogens is 5. The Bertz CT molecular complexity index is 799. The molecule has 0 aliphatic heterocycles. The Morgan fingerprint density at radius 1 is 0.792 bits per heavy atom. The third-order valence-electron chi connectivity index (χ3n) is 3.48. The maximum Gasteiger partial charge on any atom is 0.200 e. The van der Waals surface area contributed by atoms with Gasteiger partial charge in [0.2, 0.25) is 5.82 Å². The molecule has 0 aromatic heterocycles. The molecule has 2 aromatic rings. The second kappa shape index (κ2) is 6.51. The summed E-state index contributed by atoms with van der Waals surface area (Å²) in [5.41, 5.74) is -0.861. The Kier molecular flexibility index (Phi) is 4.82. The molecule has 0 spiro atoms. The van der Waals surface area contributed by atoms with Gasteiger partial charge in [-0.15, -0.1) is 0 Å². The minimum absolute atomic E-state index is 0.0560. The van der Waals surface area contributed by atoms with Crippen LogP contribution in [0.25, 0.3) is 12.2 Å². The predicted molar refractivity (Wildman–Crippen MR) is 79.0 cm³/mol. The van der Waals surface area contributed by atoms with Crippen LogP contribution >= 0.6 is 0 Å². The van der Waals surface area contributed by atoms with E-state index in [1.807, 2.05) is 0 Å². The number of hydrogen-bond acceptors (Lipinski definition) is 2. The van der Waals surface area contributed by atoms with Gasteiger partial charge in [0.15, 0.2) is 23.3 Å². The molecule has 0 unspecified atom stereocenters. The monoisotopic (exact) mass is 344 g/mol.